The number of fused-ring (bicyclic) bond motifs is 1. The maximum Gasteiger partial charge on any atom is 0.258 e. The van der Waals surface area contributed by atoms with Gasteiger partial charge in [0.2, 0.25) is 5.95 Å². The van der Waals surface area contributed by atoms with Crippen molar-refractivity contribution in [3.63, 3.8) is 0 Å². The van der Waals surface area contributed by atoms with E-state index in [0.29, 0.717) is 17.2 Å². The van der Waals surface area contributed by atoms with Crippen molar-refractivity contribution < 1.29 is 4.79 Å². The largest absolute Gasteiger partial charge is 0.289 e. The number of anilines is 1. The Morgan fingerprint density at radius 1 is 1.16 bits per heavy atom. The summed E-state index contributed by atoms with van der Waals surface area (Å²) in [4.78, 5) is 16.2. The van der Waals surface area contributed by atoms with E-state index in [1.54, 1.807) is 16.6 Å². The quantitative estimate of drug-likeness (QED) is 0.761. The molecular formula is C14H12N4O. The van der Waals surface area contributed by atoms with Crippen LogP contribution in [0.3, 0.4) is 0 Å². The molecular weight excluding hydrogens is 240 g/mol. The lowest BCUT2D eigenvalue weighted by Crippen LogP contribution is -2.12. The van der Waals surface area contributed by atoms with Gasteiger partial charge in [-0.2, -0.15) is 4.98 Å². The molecule has 0 saturated carbocycles. The highest BCUT2D eigenvalue weighted by molar-refractivity contribution is 6.03. The second kappa shape index (κ2) is 4.53. The molecule has 0 aliphatic heterocycles. The number of pyridine rings is 1. The molecule has 0 saturated heterocycles. The number of aromatic nitrogens is 3. The van der Waals surface area contributed by atoms with Gasteiger partial charge in [0.25, 0.3) is 5.91 Å². The Morgan fingerprint density at radius 2 is 1.95 bits per heavy atom. The van der Waals surface area contributed by atoms with Crippen LogP contribution >= 0.6 is 0 Å². The number of benzene rings is 1. The van der Waals surface area contributed by atoms with Gasteiger partial charge >= 0.3 is 0 Å². The van der Waals surface area contributed by atoms with Gasteiger partial charge in [0.15, 0.2) is 5.65 Å². The first-order valence-corrected chi connectivity index (χ1v) is 5.92. The van der Waals surface area contributed by atoms with Crippen LogP contribution in [-0.2, 0) is 0 Å². The van der Waals surface area contributed by atoms with Gasteiger partial charge in [-0.1, -0.05) is 24.3 Å². The molecule has 19 heavy (non-hydrogen) atoms. The predicted molar refractivity (Wildman–Crippen MR) is 72.1 cm³/mol. The molecule has 0 aliphatic rings. The molecule has 5 nitrogen and oxygen atoms in total. The first-order valence-electron chi connectivity index (χ1n) is 5.92. The average molecular weight is 252 g/mol. The zero-order valence-corrected chi connectivity index (χ0v) is 10.4. The lowest BCUT2D eigenvalue weighted by atomic mass is 10.2. The molecule has 1 aromatic carbocycles. The van der Waals surface area contributed by atoms with E-state index in [0.717, 1.165) is 5.56 Å². The minimum atomic E-state index is -0.215. The summed E-state index contributed by atoms with van der Waals surface area (Å²) in [5, 5.41) is 6.90. The summed E-state index contributed by atoms with van der Waals surface area (Å²) in [6, 6.07) is 12.8. The Labute approximate surface area is 109 Å². The highest BCUT2D eigenvalue weighted by Gasteiger charge is 2.09. The van der Waals surface area contributed by atoms with Crippen molar-refractivity contribution >= 4 is 17.5 Å². The first kappa shape index (κ1) is 11.4. The van der Waals surface area contributed by atoms with Crippen molar-refractivity contribution in [1.82, 2.24) is 14.6 Å². The van der Waals surface area contributed by atoms with E-state index in [1.807, 2.05) is 43.5 Å². The first-order chi connectivity index (χ1) is 9.22. The zero-order chi connectivity index (χ0) is 13.2. The van der Waals surface area contributed by atoms with Crippen molar-refractivity contribution in [2.24, 2.45) is 0 Å². The summed E-state index contributed by atoms with van der Waals surface area (Å²) in [7, 11) is 0. The van der Waals surface area contributed by atoms with E-state index in [2.05, 4.69) is 15.4 Å². The molecule has 94 valence electrons. The summed E-state index contributed by atoms with van der Waals surface area (Å²) in [5.41, 5.74) is 2.37. The molecule has 1 amide bonds. The van der Waals surface area contributed by atoms with Gasteiger partial charge in [0.1, 0.15) is 0 Å². The predicted octanol–water partition coefficient (Wildman–Crippen LogP) is 2.29. The third kappa shape index (κ3) is 2.30. The molecule has 0 bridgehead atoms. The number of hydrogen-bond acceptors (Lipinski definition) is 3. The zero-order valence-electron chi connectivity index (χ0n) is 10.4. The van der Waals surface area contributed by atoms with Crippen molar-refractivity contribution in [1.29, 1.82) is 0 Å². The lowest BCUT2D eigenvalue weighted by Gasteiger charge is -1.99. The number of amides is 1. The SMILES string of the molecule is Cc1ccc2nc(NC(=O)c3ccccc3)nn2c1. The number of rotatable bonds is 2. The fourth-order valence-electron chi connectivity index (χ4n) is 1.80. The van der Waals surface area contributed by atoms with Crippen LogP contribution in [0.1, 0.15) is 15.9 Å². The molecule has 1 N–H and O–H groups in total. The molecule has 0 unspecified atom stereocenters. The molecule has 0 radical (unpaired) electrons. The van der Waals surface area contributed by atoms with Crippen molar-refractivity contribution in [3.05, 3.63) is 59.8 Å². The highest BCUT2D eigenvalue weighted by atomic mass is 16.1. The normalized spacial score (nSPS) is 10.6. The second-order valence-electron chi connectivity index (χ2n) is 4.26. The monoisotopic (exact) mass is 252 g/mol. The molecule has 2 heterocycles. The van der Waals surface area contributed by atoms with Crippen molar-refractivity contribution in [3.8, 4) is 0 Å². The topological polar surface area (TPSA) is 59.3 Å². The van der Waals surface area contributed by atoms with Crippen LogP contribution in [0.25, 0.3) is 5.65 Å². The van der Waals surface area contributed by atoms with Crippen LogP contribution < -0.4 is 5.32 Å². The summed E-state index contributed by atoms with van der Waals surface area (Å²) in [5.74, 6) is 0.0904. The summed E-state index contributed by atoms with van der Waals surface area (Å²) < 4.78 is 1.65. The Bertz CT molecular complexity index is 734. The third-order valence-electron chi connectivity index (χ3n) is 2.74. The maximum absolute atomic E-state index is 12.0. The highest BCUT2D eigenvalue weighted by Crippen LogP contribution is 2.08. The van der Waals surface area contributed by atoms with E-state index in [-0.39, 0.29) is 5.91 Å². The lowest BCUT2D eigenvalue weighted by molar-refractivity contribution is 0.102. The number of nitrogens with zero attached hydrogens (tertiary/aromatic N) is 3. The van der Waals surface area contributed by atoms with Crippen molar-refractivity contribution in [2.45, 2.75) is 6.92 Å². The van der Waals surface area contributed by atoms with Gasteiger partial charge in [-0.25, -0.2) is 4.52 Å². The number of carbonyl (C=O) groups excluding carboxylic acids is 1. The van der Waals surface area contributed by atoms with Gasteiger partial charge in [-0.05, 0) is 30.7 Å². The fraction of sp³-hybridized carbons (Fsp3) is 0.0714. The van der Waals surface area contributed by atoms with Gasteiger partial charge in [0, 0.05) is 11.8 Å². The molecule has 2 aromatic heterocycles. The Kier molecular flexibility index (Phi) is 2.72. The maximum atomic E-state index is 12.0. The Balaban J connectivity index is 1.87. The van der Waals surface area contributed by atoms with Crippen LogP contribution in [0.5, 0.6) is 0 Å². The molecule has 0 spiro atoms. The van der Waals surface area contributed by atoms with Crippen LogP contribution in [-0.4, -0.2) is 20.5 Å². The minimum absolute atomic E-state index is 0.215. The molecule has 5 heteroatoms. The van der Waals surface area contributed by atoms with E-state index >= 15 is 0 Å². The molecule has 3 rings (SSSR count). The van der Waals surface area contributed by atoms with E-state index < -0.39 is 0 Å². The average Bonchev–Trinajstić information content (AvgIpc) is 2.81. The summed E-state index contributed by atoms with van der Waals surface area (Å²) in [6.07, 6.45) is 1.86. The van der Waals surface area contributed by atoms with E-state index in [4.69, 9.17) is 0 Å². The number of aryl methyl sites for hydroxylation is 1. The van der Waals surface area contributed by atoms with E-state index in [9.17, 15) is 4.79 Å². The van der Waals surface area contributed by atoms with Gasteiger partial charge < -0.3 is 0 Å². The van der Waals surface area contributed by atoms with Crippen LogP contribution in [0.2, 0.25) is 0 Å². The second-order valence-corrected chi connectivity index (χ2v) is 4.26. The summed E-state index contributed by atoms with van der Waals surface area (Å²) >= 11 is 0. The molecule has 3 aromatic rings. The van der Waals surface area contributed by atoms with E-state index in [1.165, 1.54) is 0 Å². The smallest absolute Gasteiger partial charge is 0.258 e. The summed E-state index contributed by atoms with van der Waals surface area (Å²) in [6.45, 7) is 1.98. The standard InChI is InChI=1S/C14H12N4O/c1-10-7-8-12-15-14(17-18(12)9-10)16-13(19)11-5-3-2-4-6-11/h2-9H,1H3,(H,16,17,19). The van der Waals surface area contributed by atoms with Crippen molar-refractivity contribution in [2.75, 3.05) is 5.32 Å². The number of nitrogens with one attached hydrogen (secondary N) is 1. The van der Waals surface area contributed by atoms with Crippen LogP contribution in [0.4, 0.5) is 5.95 Å². The van der Waals surface area contributed by atoms with Gasteiger partial charge in [-0.15, -0.1) is 5.10 Å². The third-order valence-corrected chi connectivity index (χ3v) is 2.74. The van der Waals surface area contributed by atoms with Crippen LogP contribution in [0, 0.1) is 6.92 Å². The van der Waals surface area contributed by atoms with Crippen LogP contribution in [0.15, 0.2) is 48.7 Å². The number of carbonyl (C=O) groups is 1. The molecule has 0 atom stereocenters. The fourth-order valence-corrected chi connectivity index (χ4v) is 1.80. The van der Waals surface area contributed by atoms with Gasteiger partial charge in [-0.3, -0.25) is 10.1 Å². The minimum Gasteiger partial charge on any atom is -0.289 e. The number of hydrogen-bond donors (Lipinski definition) is 1. The molecule has 0 aliphatic carbocycles. The molecule has 0 fully saturated rings. The van der Waals surface area contributed by atoms with Gasteiger partial charge in [0.05, 0.1) is 0 Å². The Morgan fingerprint density at radius 3 is 2.74 bits per heavy atom. The Hall–Kier alpha value is -2.69.